The molecular formula is C26H26OS. The van der Waals surface area contributed by atoms with Gasteiger partial charge in [-0.1, -0.05) is 36.4 Å². The highest BCUT2D eigenvalue weighted by Gasteiger charge is 2.30. The van der Waals surface area contributed by atoms with Gasteiger partial charge in [-0.3, -0.25) is 4.79 Å². The number of carbonyl (C=O) groups excluding carboxylic acids is 1. The van der Waals surface area contributed by atoms with Crippen molar-refractivity contribution in [3.05, 3.63) is 92.9 Å². The molecule has 1 aromatic heterocycles. The Labute approximate surface area is 171 Å². The van der Waals surface area contributed by atoms with Crippen molar-refractivity contribution in [2.24, 2.45) is 0 Å². The highest BCUT2D eigenvalue weighted by Crippen LogP contribution is 2.44. The van der Waals surface area contributed by atoms with E-state index in [1.165, 1.54) is 29.5 Å². The van der Waals surface area contributed by atoms with Gasteiger partial charge in [-0.15, -0.1) is 17.1 Å². The van der Waals surface area contributed by atoms with E-state index in [1.807, 2.05) is 32.1 Å². The minimum atomic E-state index is 0.293. The molecule has 2 aromatic rings. The second-order valence-electron chi connectivity index (χ2n) is 7.59. The number of benzene rings is 1. The maximum atomic E-state index is 12.6. The number of thiophene rings is 1. The number of rotatable bonds is 5. The Morgan fingerprint density at radius 3 is 2.54 bits per heavy atom. The lowest BCUT2D eigenvalue weighted by Gasteiger charge is -2.22. The van der Waals surface area contributed by atoms with Gasteiger partial charge in [-0.25, -0.2) is 0 Å². The van der Waals surface area contributed by atoms with E-state index in [9.17, 15) is 4.79 Å². The molecule has 0 bridgehead atoms. The van der Waals surface area contributed by atoms with E-state index >= 15 is 0 Å². The monoisotopic (exact) mass is 386 g/mol. The minimum Gasteiger partial charge on any atom is -0.293 e. The summed E-state index contributed by atoms with van der Waals surface area (Å²) in [7, 11) is 0. The number of hydrogen-bond donors (Lipinski definition) is 0. The van der Waals surface area contributed by atoms with Gasteiger partial charge >= 0.3 is 0 Å². The molecular weight excluding hydrogens is 360 g/mol. The number of hydrogen-bond acceptors (Lipinski definition) is 2. The summed E-state index contributed by atoms with van der Waals surface area (Å²) in [5, 5.41) is 0. The standard InChI is InChI=1S/C26H26OS/c1-3-5-6-8-21(7-4-2)25-17-23-22(15-16-24(27)26(23)28-25)20-13-11-19(12-14-20)18-9-10-18/h3-4,6-8,11-14,17-18,22H,9-10,15-16H2,1-2H3/b7-4-,21-8+/t5?,22-/m1/s1. The summed E-state index contributed by atoms with van der Waals surface area (Å²) in [4.78, 5) is 14.7. The zero-order valence-corrected chi connectivity index (χ0v) is 17.4. The van der Waals surface area contributed by atoms with E-state index in [2.05, 4.69) is 48.2 Å². The molecule has 2 aliphatic carbocycles. The molecule has 0 saturated heterocycles. The minimum absolute atomic E-state index is 0.293. The van der Waals surface area contributed by atoms with Gasteiger partial charge in [0.15, 0.2) is 5.78 Å². The van der Waals surface area contributed by atoms with Crippen molar-refractivity contribution in [1.82, 2.24) is 0 Å². The number of allylic oxidation sites excluding steroid dienone is 5. The molecule has 0 radical (unpaired) electrons. The van der Waals surface area contributed by atoms with E-state index < -0.39 is 0 Å². The molecule has 2 aliphatic rings. The fraction of sp³-hybridized carbons (Fsp3) is 0.308. The van der Waals surface area contributed by atoms with Crippen LogP contribution in [0.1, 0.15) is 82.6 Å². The van der Waals surface area contributed by atoms with Crippen molar-refractivity contribution < 1.29 is 4.79 Å². The Balaban J connectivity index is 1.71. The van der Waals surface area contributed by atoms with Crippen LogP contribution in [0.4, 0.5) is 0 Å². The maximum absolute atomic E-state index is 12.6. The molecule has 1 saturated carbocycles. The molecule has 2 heteroatoms. The average Bonchev–Trinajstić information content (AvgIpc) is 3.46. The van der Waals surface area contributed by atoms with Crippen LogP contribution in [-0.4, -0.2) is 5.78 Å². The Kier molecular flexibility index (Phi) is 5.62. The Morgan fingerprint density at radius 2 is 1.86 bits per heavy atom. The first kappa shape index (κ1) is 18.9. The zero-order valence-electron chi connectivity index (χ0n) is 16.6. The van der Waals surface area contributed by atoms with Gasteiger partial charge in [0.25, 0.3) is 0 Å². The number of Topliss-reactive ketones (excluding diaryl/α,β-unsaturated/α-hetero) is 1. The van der Waals surface area contributed by atoms with Crippen LogP contribution < -0.4 is 0 Å². The van der Waals surface area contributed by atoms with Gasteiger partial charge < -0.3 is 0 Å². The molecule has 4 rings (SSSR count). The summed E-state index contributed by atoms with van der Waals surface area (Å²) in [6.07, 6.45) is 14.3. The van der Waals surface area contributed by atoms with Crippen LogP contribution in [0, 0.1) is 0 Å². The summed E-state index contributed by atoms with van der Waals surface area (Å²) >= 11 is 1.64. The first-order valence-corrected chi connectivity index (χ1v) is 11.0. The molecule has 1 heterocycles. The molecule has 1 nitrogen and oxygen atoms in total. The quantitative estimate of drug-likeness (QED) is 0.386. The third-order valence-electron chi connectivity index (χ3n) is 5.59. The maximum Gasteiger partial charge on any atom is 0.173 e. The van der Waals surface area contributed by atoms with Crippen LogP contribution in [-0.2, 0) is 0 Å². The lowest BCUT2D eigenvalue weighted by atomic mass is 9.81. The number of carbonyl (C=O) groups is 1. The zero-order chi connectivity index (χ0) is 19.5. The van der Waals surface area contributed by atoms with Gasteiger partial charge in [0.1, 0.15) is 0 Å². The van der Waals surface area contributed by atoms with Crippen molar-refractivity contribution >= 4 is 22.7 Å². The average molecular weight is 387 g/mol. The first-order chi connectivity index (χ1) is 13.7. The third kappa shape index (κ3) is 3.90. The van der Waals surface area contributed by atoms with Gasteiger partial charge in [0.05, 0.1) is 4.88 Å². The predicted molar refractivity (Wildman–Crippen MR) is 119 cm³/mol. The van der Waals surface area contributed by atoms with E-state index in [4.69, 9.17) is 0 Å². The third-order valence-corrected chi connectivity index (χ3v) is 6.83. The molecule has 0 aliphatic heterocycles. The second-order valence-corrected chi connectivity index (χ2v) is 8.65. The molecule has 0 N–H and O–H groups in total. The van der Waals surface area contributed by atoms with E-state index in [0.717, 1.165) is 27.7 Å². The molecule has 142 valence electrons. The Morgan fingerprint density at radius 1 is 1.11 bits per heavy atom. The summed E-state index contributed by atoms with van der Waals surface area (Å²) in [6, 6.07) is 11.4. The SMILES string of the molecule is CC=C=C/C=C(\C=C/C)c1cc2c(s1)C(=O)CC[C@@H]2c1ccc(C2CC2)cc1. The Hall–Kier alpha value is -2.41. The van der Waals surface area contributed by atoms with Crippen LogP contribution in [0.25, 0.3) is 5.57 Å². The molecule has 28 heavy (non-hydrogen) atoms. The van der Waals surface area contributed by atoms with Crippen molar-refractivity contribution in [3.63, 3.8) is 0 Å². The lowest BCUT2D eigenvalue weighted by molar-refractivity contribution is 0.0974. The van der Waals surface area contributed by atoms with Crippen molar-refractivity contribution in [2.45, 2.75) is 51.4 Å². The predicted octanol–water partition coefficient (Wildman–Crippen LogP) is 7.42. The normalized spacial score (nSPS) is 19.4. The Bertz CT molecular complexity index is 990. The van der Waals surface area contributed by atoms with E-state index in [-0.39, 0.29) is 0 Å². The summed E-state index contributed by atoms with van der Waals surface area (Å²) < 4.78 is 0. The highest BCUT2D eigenvalue weighted by atomic mass is 32.1. The number of fused-ring (bicyclic) bond motifs is 1. The number of ketones is 1. The molecule has 0 amide bonds. The van der Waals surface area contributed by atoms with Gasteiger partial charge in [0.2, 0.25) is 0 Å². The molecule has 0 spiro atoms. The highest BCUT2D eigenvalue weighted by molar-refractivity contribution is 7.15. The molecule has 0 unspecified atom stereocenters. The topological polar surface area (TPSA) is 17.1 Å². The van der Waals surface area contributed by atoms with Crippen LogP contribution in [0.5, 0.6) is 0 Å². The van der Waals surface area contributed by atoms with Crippen molar-refractivity contribution in [1.29, 1.82) is 0 Å². The van der Waals surface area contributed by atoms with Gasteiger partial charge in [0, 0.05) is 17.2 Å². The molecule has 1 atom stereocenters. The van der Waals surface area contributed by atoms with Gasteiger partial charge in [-0.2, -0.15) is 0 Å². The first-order valence-electron chi connectivity index (χ1n) is 10.2. The summed E-state index contributed by atoms with van der Waals surface area (Å²) in [6.45, 7) is 3.98. The van der Waals surface area contributed by atoms with Crippen molar-refractivity contribution in [3.8, 4) is 0 Å². The fourth-order valence-corrected chi connectivity index (χ4v) is 5.16. The fourth-order valence-electron chi connectivity index (χ4n) is 3.97. The van der Waals surface area contributed by atoms with E-state index in [0.29, 0.717) is 18.1 Å². The molecule has 1 fully saturated rings. The summed E-state index contributed by atoms with van der Waals surface area (Å²) in [5.41, 5.74) is 8.26. The molecule has 1 aromatic carbocycles. The van der Waals surface area contributed by atoms with Crippen LogP contribution in [0.3, 0.4) is 0 Å². The summed E-state index contributed by atoms with van der Waals surface area (Å²) in [5.74, 6) is 1.40. The lowest BCUT2D eigenvalue weighted by Crippen LogP contribution is -2.13. The van der Waals surface area contributed by atoms with Crippen LogP contribution in [0.2, 0.25) is 0 Å². The largest absolute Gasteiger partial charge is 0.293 e. The van der Waals surface area contributed by atoms with Crippen LogP contribution in [0.15, 0.2) is 66.4 Å². The van der Waals surface area contributed by atoms with E-state index in [1.54, 1.807) is 11.3 Å². The smallest absolute Gasteiger partial charge is 0.173 e. The van der Waals surface area contributed by atoms with Crippen LogP contribution >= 0.6 is 11.3 Å². The van der Waals surface area contributed by atoms with Crippen molar-refractivity contribution in [2.75, 3.05) is 0 Å². The second kappa shape index (κ2) is 8.31. The van der Waals surface area contributed by atoms with Gasteiger partial charge in [-0.05, 0) is 85.6 Å².